The average molecular weight is 473 g/mol. The van der Waals surface area contributed by atoms with E-state index in [2.05, 4.69) is 5.32 Å². The van der Waals surface area contributed by atoms with E-state index in [4.69, 9.17) is 22.6 Å². The summed E-state index contributed by atoms with van der Waals surface area (Å²) in [5, 5.41) is 10.1. The van der Waals surface area contributed by atoms with Gasteiger partial charge in [-0.05, 0) is 41.7 Å². The number of carbonyl (C=O) groups excluding carboxylic acids is 2. The molecule has 0 saturated carbocycles. The summed E-state index contributed by atoms with van der Waals surface area (Å²) in [6.45, 7) is 0.590. The minimum absolute atomic E-state index is 0.149. The van der Waals surface area contributed by atoms with Gasteiger partial charge in [0.25, 0.3) is 0 Å². The van der Waals surface area contributed by atoms with Crippen molar-refractivity contribution in [2.75, 3.05) is 12.3 Å². The molecule has 0 unspecified atom stereocenters. The Labute approximate surface area is 205 Å². The number of carbonyl (C=O) groups is 2. The molecule has 3 aromatic rings. The predicted molar refractivity (Wildman–Crippen MR) is 138 cm³/mol. The van der Waals surface area contributed by atoms with E-state index in [0.29, 0.717) is 25.1 Å². The maximum absolute atomic E-state index is 14.2. The summed E-state index contributed by atoms with van der Waals surface area (Å²) in [4.78, 5) is 28.4. The summed E-state index contributed by atoms with van der Waals surface area (Å²) in [5.41, 5.74) is 20.1. The lowest BCUT2D eigenvalue weighted by molar-refractivity contribution is -0.141. The molecule has 1 atom stereocenters. The zero-order valence-corrected chi connectivity index (χ0v) is 19.6. The van der Waals surface area contributed by atoms with E-state index in [0.717, 1.165) is 16.7 Å². The Morgan fingerprint density at radius 3 is 1.89 bits per heavy atom. The van der Waals surface area contributed by atoms with E-state index in [1.807, 2.05) is 72.8 Å². The van der Waals surface area contributed by atoms with Crippen LogP contribution in [-0.2, 0) is 16.1 Å². The van der Waals surface area contributed by atoms with Crippen LogP contribution in [0.3, 0.4) is 0 Å². The van der Waals surface area contributed by atoms with Crippen molar-refractivity contribution in [1.29, 1.82) is 5.41 Å². The zero-order chi connectivity index (χ0) is 25.2. The lowest BCUT2D eigenvalue weighted by atomic mass is 9.89. The van der Waals surface area contributed by atoms with E-state index >= 15 is 0 Å². The third-order valence-corrected chi connectivity index (χ3v) is 5.80. The van der Waals surface area contributed by atoms with Gasteiger partial charge in [0.05, 0.1) is 5.92 Å². The number of guanidine groups is 1. The predicted octanol–water partition coefficient (Wildman–Crippen LogP) is 2.55. The van der Waals surface area contributed by atoms with Gasteiger partial charge in [-0.15, -0.1) is 0 Å². The molecular weight excluding hydrogens is 440 g/mol. The first-order chi connectivity index (χ1) is 16.9. The highest BCUT2D eigenvalue weighted by Gasteiger charge is 2.34. The quantitative estimate of drug-likeness (QED) is 0.126. The Morgan fingerprint density at radius 1 is 0.857 bits per heavy atom. The van der Waals surface area contributed by atoms with Crippen molar-refractivity contribution in [3.63, 3.8) is 0 Å². The molecule has 0 aliphatic heterocycles. The Bertz CT molecular complexity index is 1080. The number of nitrogens with one attached hydrogen (secondary N) is 2. The van der Waals surface area contributed by atoms with Gasteiger partial charge in [0.15, 0.2) is 5.96 Å². The normalized spacial score (nSPS) is 11.6. The highest BCUT2D eigenvalue weighted by atomic mass is 16.2. The molecule has 8 N–H and O–H groups in total. The second-order valence-electron chi connectivity index (χ2n) is 8.36. The first-order valence-electron chi connectivity index (χ1n) is 11.5. The molecule has 0 spiro atoms. The molecule has 35 heavy (non-hydrogen) atoms. The van der Waals surface area contributed by atoms with Crippen molar-refractivity contribution < 1.29 is 9.59 Å². The molecule has 3 rings (SSSR count). The second-order valence-corrected chi connectivity index (χ2v) is 8.36. The molecule has 0 bridgehead atoms. The molecule has 0 aliphatic rings. The van der Waals surface area contributed by atoms with Gasteiger partial charge in [-0.3, -0.25) is 15.0 Å². The molecule has 0 aromatic heterocycles. The molecule has 182 valence electrons. The van der Waals surface area contributed by atoms with E-state index in [9.17, 15) is 9.59 Å². The van der Waals surface area contributed by atoms with Crippen LogP contribution >= 0.6 is 0 Å². The van der Waals surface area contributed by atoms with Gasteiger partial charge in [0.2, 0.25) is 11.8 Å². The Hall–Kier alpha value is -4.33. The molecule has 0 saturated heterocycles. The summed E-state index contributed by atoms with van der Waals surface area (Å²) in [6, 6.07) is 25.4. The molecule has 0 aliphatic carbocycles. The second kappa shape index (κ2) is 12.2. The van der Waals surface area contributed by atoms with Crippen LogP contribution in [0.1, 0.15) is 35.4 Å². The number of nitrogens with zero attached hydrogens (tertiary/aromatic N) is 1. The maximum atomic E-state index is 14.2. The minimum atomic E-state index is -0.844. The van der Waals surface area contributed by atoms with Gasteiger partial charge in [-0.25, -0.2) is 0 Å². The minimum Gasteiger partial charge on any atom is -0.399 e. The fourth-order valence-electron chi connectivity index (χ4n) is 4.07. The fourth-order valence-corrected chi connectivity index (χ4v) is 4.07. The number of rotatable bonds is 11. The highest BCUT2D eigenvalue weighted by Crippen LogP contribution is 2.29. The van der Waals surface area contributed by atoms with Crippen LogP contribution in [0.2, 0.25) is 0 Å². The van der Waals surface area contributed by atoms with Crippen molar-refractivity contribution >= 4 is 23.5 Å². The molecular formula is C27H32N6O2. The average Bonchev–Trinajstić information content (AvgIpc) is 2.85. The lowest BCUT2D eigenvalue weighted by Gasteiger charge is -2.33. The van der Waals surface area contributed by atoms with Crippen molar-refractivity contribution in [3.05, 3.63) is 102 Å². The summed E-state index contributed by atoms with van der Waals surface area (Å²) >= 11 is 0. The fraction of sp³-hybridized carbons (Fsp3) is 0.222. The van der Waals surface area contributed by atoms with Gasteiger partial charge in [0, 0.05) is 18.8 Å². The summed E-state index contributed by atoms with van der Waals surface area (Å²) < 4.78 is 0. The number of amides is 2. The number of anilines is 1. The van der Waals surface area contributed by atoms with Crippen molar-refractivity contribution in [1.82, 2.24) is 10.2 Å². The highest BCUT2D eigenvalue weighted by molar-refractivity contribution is 5.92. The van der Waals surface area contributed by atoms with Crippen molar-refractivity contribution in [2.24, 2.45) is 11.5 Å². The SMILES string of the molecule is N=C(N)NCCC[C@H](C(N)=O)N(Cc1ccc(N)cc1)C(=O)C(c1ccccc1)c1ccccc1. The summed E-state index contributed by atoms with van der Waals surface area (Å²) in [7, 11) is 0. The molecule has 0 fully saturated rings. The van der Waals surface area contributed by atoms with Crippen molar-refractivity contribution in [2.45, 2.75) is 31.3 Å². The molecule has 2 amide bonds. The number of hydrogen-bond donors (Lipinski definition) is 5. The van der Waals surface area contributed by atoms with Crippen LogP contribution in [0.15, 0.2) is 84.9 Å². The topological polar surface area (TPSA) is 151 Å². The third kappa shape index (κ3) is 7.07. The van der Waals surface area contributed by atoms with Crippen LogP contribution < -0.4 is 22.5 Å². The summed E-state index contributed by atoms with van der Waals surface area (Å²) in [5.74, 6) is -1.56. The number of benzene rings is 3. The largest absolute Gasteiger partial charge is 0.399 e. The first kappa shape index (κ1) is 25.3. The number of hydrogen-bond acceptors (Lipinski definition) is 4. The van der Waals surface area contributed by atoms with Gasteiger partial charge < -0.3 is 27.4 Å². The molecule has 8 heteroatoms. The van der Waals surface area contributed by atoms with E-state index in [1.165, 1.54) is 0 Å². The van der Waals surface area contributed by atoms with E-state index in [-0.39, 0.29) is 18.4 Å². The van der Waals surface area contributed by atoms with Crippen LogP contribution in [-0.4, -0.2) is 35.3 Å². The first-order valence-corrected chi connectivity index (χ1v) is 11.5. The Morgan fingerprint density at radius 2 is 1.40 bits per heavy atom. The molecule has 0 radical (unpaired) electrons. The summed E-state index contributed by atoms with van der Waals surface area (Å²) in [6.07, 6.45) is 0.826. The number of nitrogens with two attached hydrogens (primary N) is 3. The van der Waals surface area contributed by atoms with Gasteiger partial charge in [0.1, 0.15) is 6.04 Å². The van der Waals surface area contributed by atoms with Gasteiger partial charge in [-0.1, -0.05) is 72.8 Å². The van der Waals surface area contributed by atoms with Gasteiger partial charge in [-0.2, -0.15) is 0 Å². The zero-order valence-electron chi connectivity index (χ0n) is 19.6. The molecule has 8 nitrogen and oxygen atoms in total. The van der Waals surface area contributed by atoms with Crippen LogP contribution in [0.25, 0.3) is 0 Å². The number of primary amides is 1. The van der Waals surface area contributed by atoms with E-state index < -0.39 is 17.9 Å². The maximum Gasteiger partial charge on any atom is 0.240 e. The Kier molecular flexibility index (Phi) is 8.83. The lowest BCUT2D eigenvalue weighted by Crippen LogP contribution is -2.49. The van der Waals surface area contributed by atoms with Gasteiger partial charge >= 0.3 is 0 Å². The van der Waals surface area contributed by atoms with Crippen LogP contribution in [0.4, 0.5) is 5.69 Å². The third-order valence-electron chi connectivity index (χ3n) is 5.80. The molecule has 3 aromatic carbocycles. The van der Waals surface area contributed by atoms with Crippen LogP contribution in [0.5, 0.6) is 0 Å². The molecule has 0 heterocycles. The Balaban J connectivity index is 2.00. The smallest absolute Gasteiger partial charge is 0.240 e. The standard InChI is InChI=1S/C27H32N6O2/c28-22-15-13-19(14-16-22)18-33(23(25(29)34)12-7-17-32-27(30)31)26(35)24(20-8-3-1-4-9-20)21-10-5-2-6-11-21/h1-6,8-11,13-16,23-24H,7,12,17-18,28H2,(H2,29,34)(H4,30,31,32)/t23-/m1/s1. The monoisotopic (exact) mass is 472 g/mol. The number of nitrogen functional groups attached to an aromatic ring is 1. The van der Waals surface area contributed by atoms with Crippen LogP contribution in [0, 0.1) is 5.41 Å². The van der Waals surface area contributed by atoms with Crippen molar-refractivity contribution in [3.8, 4) is 0 Å². The van der Waals surface area contributed by atoms with E-state index in [1.54, 1.807) is 17.0 Å².